The number of amides is 2. The fraction of sp³-hybridized carbons (Fsp3) is 0.312. The van der Waals surface area contributed by atoms with E-state index in [-0.39, 0.29) is 47.5 Å². The molecular formula is C32H30N4O6. The molecular weight excluding hydrogens is 536 g/mol. The summed E-state index contributed by atoms with van der Waals surface area (Å²) in [5.41, 5.74) is 1.18. The van der Waals surface area contributed by atoms with Gasteiger partial charge in [0.2, 0.25) is 0 Å². The lowest BCUT2D eigenvalue weighted by atomic mass is 9.87. The molecule has 8 rings (SSSR count). The Morgan fingerprint density at radius 2 is 1.07 bits per heavy atom. The van der Waals surface area contributed by atoms with Crippen molar-refractivity contribution in [3.8, 4) is 22.6 Å². The van der Waals surface area contributed by atoms with Crippen LogP contribution >= 0.6 is 0 Å². The van der Waals surface area contributed by atoms with Gasteiger partial charge >= 0.3 is 0 Å². The molecule has 4 aromatic rings. The summed E-state index contributed by atoms with van der Waals surface area (Å²) < 4.78 is -1.55. The molecule has 4 unspecified atom stereocenters. The molecule has 0 radical (unpaired) electrons. The molecule has 4 saturated heterocycles. The van der Waals surface area contributed by atoms with E-state index in [4.69, 9.17) is 0 Å². The van der Waals surface area contributed by atoms with Crippen molar-refractivity contribution >= 4 is 33.4 Å². The van der Waals surface area contributed by atoms with Gasteiger partial charge in [0, 0.05) is 36.8 Å². The Morgan fingerprint density at radius 1 is 0.667 bits per heavy atom. The molecule has 0 bridgehead atoms. The number of benzene rings is 4. The largest absolute Gasteiger partial charge is 0.630 e. The molecule has 0 aliphatic carbocycles. The maximum absolute atomic E-state index is 14.0. The monoisotopic (exact) mass is 566 g/mol. The lowest BCUT2D eigenvalue weighted by Gasteiger charge is -2.43. The number of phenolic OH excluding ortho intramolecular Hbond substituents is 2. The van der Waals surface area contributed by atoms with Crippen LogP contribution in [0.25, 0.3) is 32.7 Å². The average molecular weight is 567 g/mol. The number of carbonyl (C=O) groups excluding carboxylic acids is 2. The van der Waals surface area contributed by atoms with Crippen molar-refractivity contribution in [2.75, 3.05) is 13.1 Å². The Morgan fingerprint density at radius 3 is 1.50 bits per heavy atom. The second-order valence-corrected chi connectivity index (χ2v) is 12.1. The summed E-state index contributed by atoms with van der Waals surface area (Å²) in [5.74, 6) is -1.06. The van der Waals surface area contributed by atoms with E-state index in [0.29, 0.717) is 47.6 Å². The molecule has 6 atom stereocenters. The molecule has 10 heteroatoms. The van der Waals surface area contributed by atoms with Crippen molar-refractivity contribution in [1.82, 2.24) is 10.6 Å². The zero-order valence-electron chi connectivity index (χ0n) is 22.7. The molecule has 0 spiro atoms. The lowest BCUT2D eigenvalue weighted by Crippen LogP contribution is -2.45. The highest BCUT2D eigenvalue weighted by Gasteiger charge is 2.55. The van der Waals surface area contributed by atoms with Crippen molar-refractivity contribution in [3.63, 3.8) is 0 Å². The number of hydrogen-bond donors (Lipinski definition) is 4. The number of phenols is 2. The zero-order valence-corrected chi connectivity index (χ0v) is 22.7. The predicted octanol–water partition coefficient (Wildman–Crippen LogP) is 4.28. The zero-order chi connectivity index (χ0) is 29.0. The smallest absolute Gasteiger partial charge is 0.283 e. The summed E-state index contributed by atoms with van der Waals surface area (Å²) in [4.78, 5) is 25.7. The van der Waals surface area contributed by atoms with E-state index in [1.807, 2.05) is 48.5 Å². The summed E-state index contributed by atoms with van der Waals surface area (Å²) in [6, 6.07) is 16.8. The van der Waals surface area contributed by atoms with Gasteiger partial charge in [-0.15, -0.1) is 0 Å². The standard InChI is InChI=1S/C32H30N4O6/c37-27-21(29-33-31(39)23-11-5-13-35(23,29)41)15-17-7-1-3-9-19(17)25(27)26-20-10-4-2-8-18(20)16-22(28(26)38)30-34-32(40)24-12-6-14-36(24,30)42/h1-4,7-10,15-16,23-24,29-30,37-38H,5-6,11-14H2,(H,33,39)(H,34,40)/t23?,24?,29?,30?,35-,36-/m0/s1. The number of hydroxylamine groups is 6. The molecule has 4 aliphatic rings. The maximum Gasteiger partial charge on any atom is 0.283 e. The van der Waals surface area contributed by atoms with Gasteiger partial charge in [0.1, 0.15) is 11.5 Å². The third-order valence-electron chi connectivity index (χ3n) is 10.0. The second-order valence-electron chi connectivity index (χ2n) is 12.1. The summed E-state index contributed by atoms with van der Waals surface area (Å²) in [7, 11) is 0. The first kappa shape index (κ1) is 25.5. The van der Waals surface area contributed by atoms with Crippen LogP contribution in [0.3, 0.4) is 0 Å². The van der Waals surface area contributed by atoms with E-state index in [1.54, 1.807) is 12.1 Å². The lowest BCUT2D eigenvalue weighted by molar-refractivity contribution is -0.907. The van der Waals surface area contributed by atoms with Gasteiger partial charge in [0.25, 0.3) is 11.8 Å². The molecule has 2 amide bonds. The SMILES string of the molecule is O=C1NC(c2cc3ccccc3c(-c3c(O)c(C4NC(=O)C5CCC[N@+]54[O-])cc4ccccc34)c2O)[N@+]2([O-])CCCC12. The van der Waals surface area contributed by atoms with Gasteiger partial charge in [-0.2, -0.15) is 0 Å². The molecule has 4 heterocycles. The average Bonchev–Trinajstić information content (AvgIpc) is 3.69. The normalized spacial score (nSPS) is 31.9. The van der Waals surface area contributed by atoms with Gasteiger partial charge in [0.15, 0.2) is 24.4 Å². The predicted molar refractivity (Wildman–Crippen MR) is 155 cm³/mol. The van der Waals surface area contributed by atoms with Crippen LogP contribution in [-0.4, -0.2) is 56.5 Å². The van der Waals surface area contributed by atoms with Crippen LogP contribution < -0.4 is 10.6 Å². The minimum absolute atomic E-state index is 0.210. The van der Waals surface area contributed by atoms with Crippen molar-refractivity contribution < 1.29 is 29.1 Å². The third kappa shape index (κ3) is 3.23. The van der Waals surface area contributed by atoms with E-state index in [9.17, 15) is 30.2 Å². The van der Waals surface area contributed by atoms with E-state index in [1.165, 1.54) is 0 Å². The summed E-state index contributed by atoms with van der Waals surface area (Å²) in [6.45, 7) is 0.511. The Labute approximate surface area is 241 Å². The van der Waals surface area contributed by atoms with Crippen molar-refractivity contribution in [3.05, 3.63) is 82.2 Å². The molecule has 4 aromatic carbocycles. The van der Waals surface area contributed by atoms with Crippen LogP contribution in [0, 0.1) is 10.4 Å². The van der Waals surface area contributed by atoms with Gasteiger partial charge in [-0.05, 0) is 33.7 Å². The topological polar surface area (TPSA) is 145 Å². The highest BCUT2D eigenvalue weighted by molar-refractivity contribution is 6.10. The number of rotatable bonds is 3. The van der Waals surface area contributed by atoms with E-state index in [2.05, 4.69) is 10.6 Å². The van der Waals surface area contributed by atoms with E-state index in [0.717, 1.165) is 10.8 Å². The van der Waals surface area contributed by atoms with Crippen molar-refractivity contribution in [2.24, 2.45) is 0 Å². The summed E-state index contributed by atoms with van der Waals surface area (Å²) in [5, 5.41) is 60.6. The Bertz CT molecular complexity index is 1710. The van der Waals surface area contributed by atoms with Gasteiger partial charge in [-0.1, -0.05) is 48.5 Å². The van der Waals surface area contributed by atoms with Crippen molar-refractivity contribution in [1.29, 1.82) is 0 Å². The van der Waals surface area contributed by atoms with Gasteiger partial charge < -0.3 is 29.9 Å². The highest BCUT2D eigenvalue weighted by atomic mass is 16.6. The van der Waals surface area contributed by atoms with Gasteiger partial charge in [-0.25, -0.2) is 0 Å². The fourth-order valence-electron chi connectivity index (χ4n) is 8.04. The third-order valence-corrected chi connectivity index (χ3v) is 10.0. The number of nitrogens with one attached hydrogen (secondary N) is 2. The van der Waals surface area contributed by atoms with Crippen LogP contribution in [0.1, 0.15) is 49.1 Å². The van der Waals surface area contributed by atoms with Gasteiger partial charge in [0.05, 0.1) is 24.2 Å². The maximum atomic E-state index is 14.0. The van der Waals surface area contributed by atoms with Crippen LogP contribution in [0.5, 0.6) is 11.5 Å². The molecule has 0 saturated carbocycles. The molecule has 4 fully saturated rings. The number of quaternary nitrogens is 2. The van der Waals surface area contributed by atoms with Crippen LogP contribution in [0.2, 0.25) is 0 Å². The molecule has 214 valence electrons. The molecule has 42 heavy (non-hydrogen) atoms. The van der Waals surface area contributed by atoms with E-state index >= 15 is 0 Å². The fourth-order valence-corrected chi connectivity index (χ4v) is 8.04. The van der Waals surface area contributed by atoms with E-state index < -0.39 is 33.7 Å². The number of fused-ring (bicyclic) bond motifs is 4. The van der Waals surface area contributed by atoms with Crippen LogP contribution in [0.15, 0.2) is 60.7 Å². The van der Waals surface area contributed by atoms with Crippen LogP contribution in [-0.2, 0) is 9.59 Å². The summed E-state index contributed by atoms with van der Waals surface area (Å²) in [6.07, 6.45) is 0.222. The Kier molecular flexibility index (Phi) is 5.25. The minimum atomic E-state index is -1.00. The first-order chi connectivity index (χ1) is 20.2. The first-order valence-electron chi connectivity index (χ1n) is 14.5. The van der Waals surface area contributed by atoms with Crippen LogP contribution in [0.4, 0.5) is 0 Å². The molecule has 4 aliphatic heterocycles. The number of hydrogen-bond acceptors (Lipinski definition) is 6. The highest BCUT2D eigenvalue weighted by Crippen LogP contribution is 2.53. The number of aromatic hydroxyl groups is 2. The first-order valence-corrected chi connectivity index (χ1v) is 14.5. The Balaban J connectivity index is 1.42. The number of nitrogens with zero attached hydrogens (tertiary/aromatic N) is 2. The molecule has 10 nitrogen and oxygen atoms in total. The quantitative estimate of drug-likeness (QED) is 0.215. The summed E-state index contributed by atoms with van der Waals surface area (Å²) >= 11 is 0. The number of carbonyl (C=O) groups is 2. The van der Waals surface area contributed by atoms with Crippen molar-refractivity contribution in [2.45, 2.75) is 50.1 Å². The molecule has 0 aromatic heterocycles. The minimum Gasteiger partial charge on any atom is -0.630 e. The second kappa shape index (κ2) is 8.65. The molecule has 4 N–H and O–H groups in total. The van der Waals surface area contributed by atoms with Gasteiger partial charge in [-0.3, -0.25) is 20.2 Å². The Hall–Kier alpha value is -4.22.